The Morgan fingerprint density at radius 1 is 1.18 bits per heavy atom. The van der Waals surface area contributed by atoms with E-state index in [4.69, 9.17) is 21.1 Å². The van der Waals surface area contributed by atoms with Crippen LogP contribution in [0, 0.1) is 11.6 Å². The zero-order valence-electron chi connectivity index (χ0n) is 18.4. The van der Waals surface area contributed by atoms with E-state index < -0.39 is 41.6 Å². The summed E-state index contributed by atoms with van der Waals surface area (Å²) in [6.07, 6.45) is -2.75. The topological polar surface area (TPSA) is 78.3 Å². The molecule has 1 amide bonds. The van der Waals surface area contributed by atoms with Crippen LogP contribution in [-0.2, 0) is 4.74 Å². The first-order chi connectivity index (χ1) is 15.9. The van der Waals surface area contributed by atoms with E-state index in [0.717, 1.165) is 23.1 Å². The molecule has 0 saturated heterocycles. The number of alkyl halides is 2. The van der Waals surface area contributed by atoms with E-state index in [1.165, 1.54) is 18.2 Å². The third kappa shape index (κ3) is 6.37. The average Bonchev–Trinajstić information content (AvgIpc) is 3.21. The molecule has 0 radical (unpaired) electrons. The lowest BCUT2D eigenvalue weighted by Crippen LogP contribution is -2.37. The summed E-state index contributed by atoms with van der Waals surface area (Å²) in [7, 11) is 0. The molecule has 0 unspecified atom stereocenters. The highest BCUT2D eigenvalue weighted by Gasteiger charge is 2.24. The maximum absolute atomic E-state index is 14.0. The van der Waals surface area contributed by atoms with E-state index in [1.807, 2.05) is 0 Å². The number of benzene rings is 2. The van der Waals surface area contributed by atoms with Crippen LogP contribution in [0.25, 0.3) is 5.69 Å². The Bertz CT molecular complexity index is 1170. The van der Waals surface area contributed by atoms with Gasteiger partial charge in [-0.2, -0.15) is 5.10 Å². The summed E-state index contributed by atoms with van der Waals surface area (Å²) in [5.74, 6) is -2.58. The third-order valence-electron chi connectivity index (χ3n) is 4.36. The van der Waals surface area contributed by atoms with E-state index >= 15 is 0 Å². The highest BCUT2D eigenvalue weighted by atomic mass is 35.5. The minimum atomic E-state index is -2.91. The van der Waals surface area contributed by atoms with Crippen molar-refractivity contribution in [3.8, 4) is 11.4 Å². The molecular formula is C22H21ClF4N4O3. The van der Waals surface area contributed by atoms with Crippen molar-refractivity contribution in [1.82, 2.24) is 20.1 Å². The van der Waals surface area contributed by atoms with Crippen LogP contribution in [0.4, 0.5) is 22.4 Å². The second-order valence-electron chi connectivity index (χ2n) is 8.13. The molecule has 3 aromatic rings. The van der Waals surface area contributed by atoms with Crippen LogP contribution in [0.1, 0.15) is 44.6 Å². The minimum Gasteiger partial charge on any atom is -0.488 e. The summed E-state index contributed by atoms with van der Waals surface area (Å²) in [4.78, 5) is 16.0. The third-order valence-corrected chi connectivity index (χ3v) is 4.68. The predicted octanol–water partition coefficient (Wildman–Crippen LogP) is 5.78. The molecule has 2 aromatic carbocycles. The number of alkyl carbamates (subject to hydrolysis) is 1. The van der Waals surface area contributed by atoms with Crippen molar-refractivity contribution in [1.29, 1.82) is 0 Å². The molecular weight excluding hydrogens is 480 g/mol. The molecule has 1 aromatic heterocycles. The molecule has 1 atom stereocenters. The molecule has 0 fully saturated rings. The molecule has 1 N–H and O–H groups in total. The highest BCUT2D eigenvalue weighted by Crippen LogP contribution is 2.29. The maximum atomic E-state index is 14.0. The molecule has 0 aliphatic heterocycles. The largest absolute Gasteiger partial charge is 0.488 e. The van der Waals surface area contributed by atoms with Crippen molar-refractivity contribution in [2.24, 2.45) is 0 Å². The summed E-state index contributed by atoms with van der Waals surface area (Å²) in [5, 5.41) is 6.50. The van der Waals surface area contributed by atoms with Crippen LogP contribution in [-0.4, -0.2) is 33.1 Å². The summed E-state index contributed by atoms with van der Waals surface area (Å²) in [6, 6.07) is 6.20. The highest BCUT2D eigenvalue weighted by molar-refractivity contribution is 6.32. The summed E-state index contributed by atoms with van der Waals surface area (Å²) in [5.41, 5.74) is -0.365. The Kier molecular flexibility index (Phi) is 7.65. The second kappa shape index (κ2) is 10.3. The molecule has 12 heteroatoms. The van der Waals surface area contributed by atoms with Gasteiger partial charge in [0.05, 0.1) is 16.8 Å². The van der Waals surface area contributed by atoms with Gasteiger partial charge in [0.2, 0.25) is 0 Å². The van der Waals surface area contributed by atoms with Crippen molar-refractivity contribution in [2.45, 2.75) is 38.8 Å². The number of halogens is 5. The van der Waals surface area contributed by atoms with Crippen molar-refractivity contribution in [3.63, 3.8) is 0 Å². The SMILES string of the molecule is CC(C)(C)OC(=O)N[C@H](COc1ccc(F)cc1F)c1ccc(Cl)c(-n2ncnc2C(F)F)c1. The number of aromatic nitrogens is 3. The molecule has 0 aliphatic rings. The van der Waals surface area contributed by atoms with Crippen molar-refractivity contribution < 1.29 is 31.8 Å². The maximum Gasteiger partial charge on any atom is 0.408 e. The number of carbonyl (C=O) groups is 1. The number of amides is 1. The van der Waals surface area contributed by atoms with Gasteiger partial charge in [-0.25, -0.2) is 32.0 Å². The number of nitrogens with one attached hydrogen (secondary N) is 1. The fourth-order valence-corrected chi connectivity index (χ4v) is 3.13. The zero-order valence-corrected chi connectivity index (χ0v) is 19.1. The van der Waals surface area contributed by atoms with Crippen LogP contribution >= 0.6 is 11.6 Å². The molecule has 0 bridgehead atoms. The van der Waals surface area contributed by atoms with Crippen LogP contribution in [0.5, 0.6) is 5.75 Å². The average molecular weight is 501 g/mol. The molecule has 0 aliphatic carbocycles. The lowest BCUT2D eigenvalue weighted by atomic mass is 10.1. The van der Waals surface area contributed by atoms with Crippen LogP contribution in [0.3, 0.4) is 0 Å². The van der Waals surface area contributed by atoms with E-state index in [0.29, 0.717) is 11.6 Å². The normalized spacial score (nSPS) is 12.5. The monoisotopic (exact) mass is 500 g/mol. The standard InChI is InChI=1S/C22H21ClF4N4O3/c1-22(2,3)34-21(32)30-16(10-33-18-7-5-13(24)9-15(18)25)12-4-6-14(23)17(8-12)31-20(19(26)27)28-11-29-31/h4-9,11,16,19H,10H2,1-3H3,(H,30,32)/t16-/m1/s1. The van der Waals surface area contributed by atoms with E-state index in [2.05, 4.69) is 15.4 Å². The number of hydrogen-bond acceptors (Lipinski definition) is 5. The van der Waals surface area contributed by atoms with E-state index in [-0.39, 0.29) is 23.1 Å². The van der Waals surface area contributed by atoms with Gasteiger partial charge in [-0.3, -0.25) is 0 Å². The smallest absolute Gasteiger partial charge is 0.408 e. The van der Waals surface area contributed by atoms with Crippen LogP contribution in [0.2, 0.25) is 5.02 Å². The molecule has 182 valence electrons. The van der Waals surface area contributed by atoms with Crippen molar-refractivity contribution in [3.05, 3.63) is 70.8 Å². The first-order valence-corrected chi connectivity index (χ1v) is 10.4. The number of nitrogens with zero attached hydrogens (tertiary/aromatic N) is 3. The molecule has 3 rings (SSSR count). The van der Waals surface area contributed by atoms with E-state index in [1.54, 1.807) is 20.8 Å². The van der Waals surface area contributed by atoms with Crippen molar-refractivity contribution >= 4 is 17.7 Å². The van der Waals surface area contributed by atoms with Gasteiger partial charge < -0.3 is 14.8 Å². The van der Waals surface area contributed by atoms with Crippen LogP contribution in [0.15, 0.2) is 42.7 Å². The Balaban J connectivity index is 1.94. The first kappa shape index (κ1) is 25.3. The predicted molar refractivity (Wildman–Crippen MR) is 115 cm³/mol. The molecule has 1 heterocycles. The van der Waals surface area contributed by atoms with Crippen molar-refractivity contribution in [2.75, 3.05) is 6.61 Å². The summed E-state index contributed by atoms with van der Waals surface area (Å²) in [6.45, 7) is 4.71. The molecule has 0 saturated carbocycles. The van der Waals surface area contributed by atoms with E-state index in [9.17, 15) is 22.4 Å². The summed E-state index contributed by atoms with van der Waals surface area (Å²) >= 11 is 6.21. The molecule has 7 nitrogen and oxygen atoms in total. The van der Waals surface area contributed by atoms with Gasteiger partial charge >= 0.3 is 6.09 Å². The molecule has 34 heavy (non-hydrogen) atoms. The summed E-state index contributed by atoms with van der Waals surface area (Å²) < 4.78 is 65.5. The lowest BCUT2D eigenvalue weighted by Gasteiger charge is -2.24. The lowest BCUT2D eigenvalue weighted by molar-refractivity contribution is 0.0486. The minimum absolute atomic E-state index is 0.0796. The zero-order chi connectivity index (χ0) is 25.0. The Morgan fingerprint density at radius 2 is 1.91 bits per heavy atom. The van der Waals surface area contributed by atoms with Gasteiger partial charge in [-0.05, 0) is 50.6 Å². The quantitative estimate of drug-likeness (QED) is 0.416. The first-order valence-electron chi connectivity index (χ1n) is 10.00. The fourth-order valence-electron chi connectivity index (χ4n) is 2.93. The van der Waals surface area contributed by atoms with Gasteiger partial charge in [-0.1, -0.05) is 17.7 Å². The molecule has 0 spiro atoms. The number of ether oxygens (including phenoxy) is 2. The van der Waals surface area contributed by atoms with Crippen LogP contribution < -0.4 is 10.1 Å². The van der Waals surface area contributed by atoms with Gasteiger partial charge in [0.15, 0.2) is 17.4 Å². The Hall–Kier alpha value is -3.34. The number of hydrogen-bond donors (Lipinski definition) is 1. The second-order valence-corrected chi connectivity index (χ2v) is 8.53. The van der Waals surface area contributed by atoms with Gasteiger partial charge in [0.25, 0.3) is 6.43 Å². The van der Waals surface area contributed by atoms with Gasteiger partial charge in [0, 0.05) is 6.07 Å². The number of carbonyl (C=O) groups excluding carboxylic acids is 1. The fraction of sp³-hybridized carbons (Fsp3) is 0.318. The van der Waals surface area contributed by atoms with Gasteiger partial charge in [0.1, 0.15) is 24.4 Å². The Labute approximate surface area is 197 Å². The van der Waals surface area contributed by atoms with Gasteiger partial charge in [-0.15, -0.1) is 0 Å². The Morgan fingerprint density at radius 3 is 2.56 bits per heavy atom. The number of rotatable bonds is 7.